The molecule has 0 saturated heterocycles. The Kier molecular flexibility index (Phi) is 3.23. The highest BCUT2D eigenvalue weighted by Crippen LogP contribution is 2.28. The first-order valence-electron chi connectivity index (χ1n) is 6.88. The summed E-state index contributed by atoms with van der Waals surface area (Å²) < 4.78 is 8.34. The van der Waals surface area contributed by atoms with Gasteiger partial charge in [0.15, 0.2) is 5.76 Å². The van der Waals surface area contributed by atoms with Crippen LogP contribution in [0.25, 0.3) is 17.4 Å². The lowest BCUT2D eigenvalue weighted by molar-refractivity contribution is 0.574. The second-order valence-electron chi connectivity index (χ2n) is 4.67. The van der Waals surface area contributed by atoms with Crippen LogP contribution in [0.5, 0.6) is 0 Å². The van der Waals surface area contributed by atoms with Crippen LogP contribution in [-0.4, -0.2) is 34.5 Å². The van der Waals surface area contributed by atoms with Gasteiger partial charge in [-0.05, 0) is 36.4 Å². The van der Waals surface area contributed by atoms with E-state index in [0.717, 1.165) is 17.1 Å². The van der Waals surface area contributed by atoms with Crippen LogP contribution in [0, 0.1) is 0 Å². The summed E-state index contributed by atoms with van der Waals surface area (Å²) >= 11 is 1.34. The zero-order valence-corrected chi connectivity index (χ0v) is 12.9. The van der Waals surface area contributed by atoms with Crippen LogP contribution >= 0.6 is 11.8 Å². The summed E-state index contributed by atoms with van der Waals surface area (Å²) in [5.74, 6) is 7.64. The lowest BCUT2D eigenvalue weighted by Gasteiger charge is -2.05. The van der Waals surface area contributed by atoms with Gasteiger partial charge < -0.3 is 10.3 Å². The minimum Gasteiger partial charge on any atom is -0.461 e. The molecule has 0 saturated carbocycles. The van der Waals surface area contributed by atoms with Crippen molar-refractivity contribution in [3.63, 3.8) is 0 Å². The lowest BCUT2D eigenvalue weighted by atomic mass is 10.3. The Bertz CT molecular complexity index is 958. The van der Waals surface area contributed by atoms with Gasteiger partial charge in [0.1, 0.15) is 11.4 Å². The average molecular weight is 328 g/mol. The monoisotopic (exact) mass is 328 g/mol. The highest BCUT2D eigenvalue weighted by atomic mass is 32.2. The number of aromatic nitrogens is 7. The Hall–Kier alpha value is -2.88. The maximum atomic E-state index is 6.08. The van der Waals surface area contributed by atoms with Gasteiger partial charge in [0.05, 0.1) is 6.26 Å². The van der Waals surface area contributed by atoms with E-state index in [4.69, 9.17) is 10.3 Å². The fourth-order valence-corrected chi connectivity index (χ4v) is 2.96. The number of aryl methyl sites for hydroxylation is 1. The van der Waals surface area contributed by atoms with Gasteiger partial charge in [0.2, 0.25) is 11.0 Å². The molecule has 0 radical (unpaired) electrons. The Labute approximate surface area is 134 Å². The van der Waals surface area contributed by atoms with Gasteiger partial charge in [-0.2, -0.15) is 14.6 Å². The molecule has 0 aliphatic heterocycles. The van der Waals surface area contributed by atoms with E-state index in [1.54, 1.807) is 22.9 Å². The fourth-order valence-electron chi connectivity index (χ4n) is 2.10. The number of furan rings is 1. The van der Waals surface area contributed by atoms with Crippen molar-refractivity contribution < 1.29 is 4.42 Å². The molecule has 0 aromatic carbocycles. The molecular formula is C13H12N8OS. The Morgan fingerprint density at radius 1 is 1.35 bits per heavy atom. The first kappa shape index (κ1) is 13.8. The molecule has 0 spiro atoms. The molecule has 4 heterocycles. The molecule has 0 amide bonds. The summed E-state index contributed by atoms with van der Waals surface area (Å²) in [5.41, 5.74) is 0.919. The third-order valence-corrected chi connectivity index (χ3v) is 4.20. The van der Waals surface area contributed by atoms with E-state index in [1.807, 2.05) is 13.0 Å². The number of fused-ring (bicyclic) bond motifs is 1. The van der Waals surface area contributed by atoms with E-state index < -0.39 is 0 Å². The lowest BCUT2D eigenvalue weighted by Crippen LogP contribution is -2.11. The van der Waals surface area contributed by atoms with Crippen molar-refractivity contribution >= 4 is 17.5 Å². The predicted octanol–water partition coefficient (Wildman–Crippen LogP) is 1.40. The molecule has 4 aromatic heterocycles. The van der Waals surface area contributed by atoms with Crippen molar-refractivity contribution in [3.05, 3.63) is 36.5 Å². The minimum atomic E-state index is 0.456. The van der Waals surface area contributed by atoms with Crippen molar-refractivity contribution in [3.8, 4) is 11.6 Å². The van der Waals surface area contributed by atoms with Crippen LogP contribution in [0.1, 0.15) is 12.6 Å². The van der Waals surface area contributed by atoms with Gasteiger partial charge in [-0.3, -0.25) is 0 Å². The molecule has 0 aliphatic carbocycles. The number of nitrogen functional groups attached to an aromatic ring is 1. The first-order valence-corrected chi connectivity index (χ1v) is 7.69. The van der Waals surface area contributed by atoms with Crippen LogP contribution in [0.3, 0.4) is 0 Å². The zero-order valence-electron chi connectivity index (χ0n) is 12.1. The SMILES string of the molecule is CCc1cc(Sc2nnc(-c3ccco3)n2N)n2ncnc2n1. The molecule has 0 fully saturated rings. The maximum Gasteiger partial charge on any atom is 0.253 e. The fraction of sp³-hybridized carbons (Fsp3) is 0.154. The van der Waals surface area contributed by atoms with Crippen LogP contribution in [-0.2, 0) is 6.42 Å². The Balaban J connectivity index is 1.75. The Morgan fingerprint density at radius 3 is 3.04 bits per heavy atom. The quantitative estimate of drug-likeness (QED) is 0.442. The number of nitrogens with two attached hydrogens (primary N) is 1. The second kappa shape index (κ2) is 5.39. The van der Waals surface area contributed by atoms with Crippen LogP contribution in [0.4, 0.5) is 0 Å². The molecule has 0 aliphatic rings. The van der Waals surface area contributed by atoms with Crippen LogP contribution in [0.15, 0.2) is 45.4 Å². The normalized spacial score (nSPS) is 11.3. The standard InChI is InChI=1S/C13H12N8OS/c1-2-8-6-10(21-12(17-8)15-7-16-21)23-13-19-18-11(20(13)14)9-4-3-5-22-9/h3-7H,2,14H2,1H3. The van der Waals surface area contributed by atoms with Gasteiger partial charge in [0, 0.05) is 5.69 Å². The molecular weight excluding hydrogens is 316 g/mol. The summed E-state index contributed by atoms with van der Waals surface area (Å²) in [7, 11) is 0. The smallest absolute Gasteiger partial charge is 0.253 e. The molecule has 116 valence electrons. The number of nitrogens with zero attached hydrogens (tertiary/aromatic N) is 7. The van der Waals surface area contributed by atoms with E-state index in [2.05, 4.69) is 25.3 Å². The highest BCUT2D eigenvalue weighted by Gasteiger charge is 2.17. The van der Waals surface area contributed by atoms with Crippen LogP contribution in [0.2, 0.25) is 0 Å². The largest absolute Gasteiger partial charge is 0.461 e. The molecule has 0 bridgehead atoms. The third kappa shape index (κ3) is 2.32. The van der Waals surface area contributed by atoms with E-state index in [9.17, 15) is 0 Å². The summed E-state index contributed by atoms with van der Waals surface area (Å²) in [6.07, 6.45) is 3.82. The van der Waals surface area contributed by atoms with Gasteiger partial charge in [-0.1, -0.05) is 6.92 Å². The van der Waals surface area contributed by atoms with E-state index in [1.165, 1.54) is 22.8 Å². The molecule has 23 heavy (non-hydrogen) atoms. The summed E-state index contributed by atoms with van der Waals surface area (Å²) in [6.45, 7) is 2.03. The van der Waals surface area contributed by atoms with Gasteiger partial charge in [-0.25, -0.2) is 9.66 Å². The van der Waals surface area contributed by atoms with Gasteiger partial charge in [-0.15, -0.1) is 10.2 Å². The van der Waals surface area contributed by atoms with Crippen molar-refractivity contribution in [1.82, 2.24) is 34.5 Å². The van der Waals surface area contributed by atoms with E-state index >= 15 is 0 Å². The Morgan fingerprint density at radius 2 is 2.26 bits per heavy atom. The molecule has 4 aromatic rings. The van der Waals surface area contributed by atoms with Crippen molar-refractivity contribution in [1.29, 1.82) is 0 Å². The second-order valence-corrected chi connectivity index (χ2v) is 5.65. The molecule has 2 N–H and O–H groups in total. The summed E-state index contributed by atoms with van der Waals surface area (Å²) in [5, 5.41) is 13.7. The average Bonchev–Trinajstić information content (AvgIpc) is 3.28. The first-order chi connectivity index (χ1) is 11.3. The summed E-state index contributed by atoms with van der Waals surface area (Å²) in [4.78, 5) is 8.55. The number of hydrogen-bond donors (Lipinski definition) is 1. The molecule has 4 rings (SSSR count). The van der Waals surface area contributed by atoms with Crippen molar-refractivity contribution in [2.45, 2.75) is 23.5 Å². The molecule has 0 atom stereocenters. The maximum absolute atomic E-state index is 6.08. The minimum absolute atomic E-state index is 0.456. The summed E-state index contributed by atoms with van der Waals surface area (Å²) in [6, 6.07) is 5.48. The third-order valence-electron chi connectivity index (χ3n) is 3.24. The van der Waals surface area contributed by atoms with E-state index in [-0.39, 0.29) is 0 Å². The van der Waals surface area contributed by atoms with Gasteiger partial charge >= 0.3 is 0 Å². The van der Waals surface area contributed by atoms with Crippen molar-refractivity contribution in [2.75, 3.05) is 5.84 Å². The van der Waals surface area contributed by atoms with Gasteiger partial charge in [0.25, 0.3) is 5.78 Å². The number of hydrogen-bond acceptors (Lipinski definition) is 8. The highest BCUT2D eigenvalue weighted by molar-refractivity contribution is 7.99. The predicted molar refractivity (Wildman–Crippen MR) is 82.2 cm³/mol. The van der Waals surface area contributed by atoms with Crippen molar-refractivity contribution in [2.24, 2.45) is 0 Å². The van der Waals surface area contributed by atoms with E-state index in [0.29, 0.717) is 22.5 Å². The number of rotatable bonds is 4. The molecule has 9 nitrogen and oxygen atoms in total. The topological polar surface area (TPSA) is 113 Å². The van der Waals surface area contributed by atoms with Crippen LogP contribution < -0.4 is 5.84 Å². The zero-order chi connectivity index (χ0) is 15.8. The molecule has 0 unspecified atom stereocenters. The molecule has 10 heteroatoms.